The lowest BCUT2D eigenvalue weighted by molar-refractivity contribution is 0.182. The SMILES string of the molecule is O=S(=O)(c1ccc(Cl)c(Br)c1)N1CCN(CC2CC2)CC1. The average molecular weight is 394 g/mol. The van der Waals surface area contributed by atoms with Gasteiger partial charge in [-0.05, 0) is 52.9 Å². The number of benzene rings is 1. The third-order valence-electron chi connectivity index (χ3n) is 4.07. The maximum Gasteiger partial charge on any atom is 0.243 e. The minimum absolute atomic E-state index is 0.300. The molecule has 7 heteroatoms. The molecule has 0 atom stereocenters. The van der Waals surface area contributed by atoms with Crippen LogP contribution in [0.4, 0.5) is 0 Å². The molecule has 2 aliphatic rings. The summed E-state index contributed by atoms with van der Waals surface area (Å²) in [4.78, 5) is 2.68. The van der Waals surface area contributed by atoms with Gasteiger partial charge in [0, 0.05) is 37.2 Å². The Morgan fingerprint density at radius 2 is 1.86 bits per heavy atom. The lowest BCUT2D eigenvalue weighted by Crippen LogP contribution is -2.49. The number of sulfonamides is 1. The molecule has 1 aromatic rings. The Bertz CT molecular complexity index is 626. The third-order valence-corrected chi connectivity index (χ3v) is 7.18. The smallest absolute Gasteiger partial charge is 0.243 e. The molecule has 0 unspecified atom stereocenters. The lowest BCUT2D eigenvalue weighted by Gasteiger charge is -2.34. The van der Waals surface area contributed by atoms with Gasteiger partial charge in [0.25, 0.3) is 0 Å². The molecule has 1 aliphatic heterocycles. The van der Waals surface area contributed by atoms with Crippen molar-refractivity contribution in [2.24, 2.45) is 5.92 Å². The molecule has 4 nitrogen and oxygen atoms in total. The van der Waals surface area contributed by atoms with Crippen molar-refractivity contribution in [3.05, 3.63) is 27.7 Å². The highest BCUT2D eigenvalue weighted by molar-refractivity contribution is 9.10. The normalized spacial score (nSPS) is 21.6. The topological polar surface area (TPSA) is 40.6 Å². The van der Waals surface area contributed by atoms with E-state index in [2.05, 4.69) is 20.8 Å². The third kappa shape index (κ3) is 3.62. The van der Waals surface area contributed by atoms with Crippen molar-refractivity contribution in [2.45, 2.75) is 17.7 Å². The first-order valence-corrected chi connectivity index (χ1v) is 9.75. The number of hydrogen-bond acceptors (Lipinski definition) is 3. The highest BCUT2D eigenvalue weighted by atomic mass is 79.9. The molecule has 0 N–H and O–H groups in total. The monoisotopic (exact) mass is 392 g/mol. The minimum Gasteiger partial charge on any atom is -0.300 e. The number of hydrogen-bond donors (Lipinski definition) is 0. The summed E-state index contributed by atoms with van der Waals surface area (Å²) in [6.07, 6.45) is 2.66. The Labute approximate surface area is 139 Å². The Morgan fingerprint density at radius 1 is 1.19 bits per heavy atom. The second kappa shape index (κ2) is 6.16. The van der Waals surface area contributed by atoms with Crippen LogP contribution in [0.1, 0.15) is 12.8 Å². The van der Waals surface area contributed by atoms with E-state index in [1.54, 1.807) is 22.5 Å². The Balaban J connectivity index is 1.68. The van der Waals surface area contributed by atoms with Gasteiger partial charge in [-0.15, -0.1) is 0 Å². The van der Waals surface area contributed by atoms with E-state index < -0.39 is 10.0 Å². The standard InChI is InChI=1S/C14H18BrClN2O2S/c15-13-9-12(3-4-14(13)16)21(19,20)18-7-5-17(6-8-18)10-11-1-2-11/h3-4,9,11H,1-2,5-8,10H2. The molecule has 1 saturated heterocycles. The first kappa shape index (κ1) is 15.7. The molecule has 3 rings (SSSR count). The van der Waals surface area contributed by atoms with E-state index in [1.807, 2.05) is 0 Å². The number of piperazine rings is 1. The van der Waals surface area contributed by atoms with Gasteiger partial charge < -0.3 is 4.90 Å². The van der Waals surface area contributed by atoms with Gasteiger partial charge in [-0.2, -0.15) is 4.31 Å². The molecular formula is C14H18BrClN2O2S. The Kier molecular flexibility index (Phi) is 4.62. The zero-order valence-corrected chi connectivity index (χ0v) is 14.8. The largest absolute Gasteiger partial charge is 0.300 e. The minimum atomic E-state index is -3.42. The fraction of sp³-hybridized carbons (Fsp3) is 0.571. The first-order chi connectivity index (χ1) is 9.96. The maximum atomic E-state index is 12.6. The highest BCUT2D eigenvalue weighted by Gasteiger charge is 2.31. The van der Waals surface area contributed by atoms with Crippen molar-refractivity contribution in [1.29, 1.82) is 0 Å². The van der Waals surface area contributed by atoms with Crippen LogP contribution in [0.5, 0.6) is 0 Å². The van der Waals surface area contributed by atoms with E-state index in [1.165, 1.54) is 12.8 Å². The molecule has 0 bridgehead atoms. The van der Waals surface area contributed by atoms with Crippen molar-refractivity contribution in [3.8, 4) is 0 Å². The quantitative estimate of drug-likeness (QED) is 0.790. The maximum absolute atomic E-state index is 12.6. The molecule has 1 aromatic carbocycles. The van der Waals surface area contributed by atoms with Gasteiger partial charge in [-0.3, -0.25) is 0 Å². The fourth-order valence-electron chi connectivity index (χ4n) is 2.60. The summed E-state index contributed by atoms with van der Waals surface area (Å²) in [6.45, 7) is 3.90. The lowest BCUT2D eigenvalue weighted by atomic mass is 10.3. The molecular weight excluding hydrogens is 376 g/mol. The molecule has 2 fully saturated rings. The van der Waals surface area contributed by atoms with Gasteiger partial charge in [0.1, 0.15) is 0 Å². The Morgan fingerprint density at radius 3 is 2.43 bits per heavy atom. The zero-order valence-electron chi connectivity index (χ0n) is 11.6. The molecule has 1 aliphatic carbocycles. The highest BCUT2D eigenvalue weighted by Crippen LogP contribution is 2.31. The molecule has 1 heterocycles. The summed E-state index contributed by atoms with van der Waals surface area (Å²) >= 11 is 9.21. The number of halogens is 2. The predicted octanol–water partition coefficient (Wildman–Crippen LogP) is 2.82. The number of rotatable bonds is 4. The van der Waals surface area contributed by atoms with E-state index in [0.29, 0.717) is 27.5 Å². The summed E-state index contributed by atoms with van der Waals surface area (Å²) < 4.78 is 27.5. The summed E-state index contributed by atoms with van der Waals surface area (Å²) in [6, 6.07) is 4.76. The van der Waals surface area contributed by atoms with Crippen LogP contribution in [-0.4, -0.2) is 50.3 Å². The van der Waals surface area contributed by atoms with Crippen LogP contribution in [0.25, 0.3) is 0 Å². The molecule has 0 aromatic heterocycles. The summed E-state index contributed by atoms with van der Waals surface area (Å²) in [5.74, 6) is 0.848. The zero-order chi connectivity index (χ0) is 15.0. The number of nitrogens with zero attached hydrogens (tertiary/aromatic N) is 2. The van der Waals surface area contributed by atoms with Crippen molar-refractivity contribution < 1.29 is 8.42 Å². The summed E-state index contributed by atoms with van der Waals surface area (Å²) in [5, 5.41) is 0.517. The summed E-state index contributed by atoms with van der Waals surface area (Å²) in [5.41, 5.74) is 0. The van der Waals surface area contributed by atoms with Gasteiger partial charge in [-0.25, -0.2) is 8.42 Å². The fourth-order valence-corrected chi connectivity index (χ4v) is 4.70. The van der Waals surface area contributed by atoms with E-state index >= 15 is 0 Å². The van der Waals surface area contributed by atoms with Crippen molar-refractivity contribution in [1.82, 2.24) is 9.21 Å². The van der Waals surface area contributed by atoms with Gasteiger partial charge >= 0.3 is 0 Å². The van der Waals surface area contributed by atoms with E-state index in [9.17, 15) is 8.42 Å². The van der Waals surface area contributed by atoms with Crippen LogP contribution >= 0.6 is 27.5 Å². The van der Waals surface area contributed by atoms with Crippen LogP contribution < -0.4 is 0 Å². The molecule has 0 spiro atoms. The van der Waals surface area contributed by atoms with Crippen LogP contribution in [0.2, 0.25) is 5.02 Å². The van der Waals surface area contributed by atoms with E-state index in [-0.39, 0.29) is 0 Å². The van der Waals surface area contributed by atoms with Crippen LogP contribution in [0.3, 0.4) is 0 Å². The van der Waals surface area contributed by atoms with Gasteiger partial charge in [-0.1, -0.05) is 11.6 Å². The van der Waals surface area contributed by atoms with E-state index in [4.69, 9.17) is 11.6 Å². The van der Waals surface area contributed by atoms with Crippen molar-refractivity contribution >= 4 is 37.6 Å². The predicted molar refractivity (Wildman–Crippen MR) is 87.1 cm³/mol. The van der Waals surface area contributed by atoms with Gasteiger partial charge in [0.15, 0.2) is 0 Å². The average Bonchev–Trinajstić information content (AvgIpc) is 3.26. The summed E-state index contributed by atoms with van der Waals surface area (Å²) in [7, 11) is -3.42. The second-order valence-corrected chi connectivity index (χ2v) is 8.92. The van der Waals surface area contributed by atoms with Crippen molar-refractivity contribution in [2.75, 3.05) is 32.7 Å². The molecule has 116 valence electrons. The molecule has 0 amide bonds. The Hall–Kier alpha value is -0.140. The van der Waals surface area contributed by atoms with Gasteiger partial charge in [0.2, 0.25) is 10.0 Å². The first-order valence-electron chi connectivity index (χ1n) is 7.14. The molecule has 1 saturated carbocycles. The van der Waals surface area contributed by atoms with Crippen LogP contribution in [-0.2, 0) is 10.0 Å². The van der Waals surface area contributed by atoms with Crippen LogP contribution in [0, 0.1) is 5.92 Å². The molecule has 0 radical (unpaired) electrons. The molecule has 21 heavy (non-hydrogen) atoms. The van der Waals surface area contributed by atoms with E-state index in [0.717, 1.165) is 25.6 Å². The van der Waals surface area contributed by atoms with Crippen molar-refractivity contribution in [3.63, 3.8) is 0 Å². The second-order valence-electron chi connectivity index (χ2n) is 5.72. The van der Waals surface area contributed by atoms with Crippen LogP contribution in [0.15, 0.2) is 27.6 Å². The van der Waals surface area contributed by atoms with Gasteiger partial charge in [0.05, 0.1) is 9.92 Å².